The van der Waals surface area contributed by atoms with Crippen molar-refractivity contribution in [1.29, 1.82) is 0 Å². The number of rotatable bonds is 1. The van der Waals surface area contributed by atoms with Crippen molar-refractivity contribution in [3.8, 4) is 0 Å². The number of benzene rings is 1. The Bertz CT molecular complexity index is 454. The van der Waals surface area contributed by atoms with E-state index < -0.39 is 0 Å². The molecule has 0 aromatic heterocycles. The summed E-state index contributed by atoms with van der Waals surface area (Å²) >= 11 is 3.48. The molecule has 0 aliphatic carbocycles. The van der Waals surface area contributed by atoms with E-state index in [0.717, 1.165) is 35.0 Å². The molecule has 92 valence electrons. The fourth-order valence-electron chi connectivity index (χ4n) is 2.42. The van der Waals surface area contributed by atoms with Gasteiger partial charge in [0.05, 0.1) is 5.56 Å². The van der Waals surface area contributed by atoms with Crippen LogP contribution in [0.4, 0.5) is 0 Å². The average Bonchev–Trinajstić information content (AvgIpc) is 2.57. The van der Waals surface area contributed by atoms with Gasteiger partial charge in [-0.1, -0.05) is 6.07 Å². The van der Waals surface area contributed by atoms with Gasteiger partial charge in [-0.25, -0.2) is 0 Å². The minimum Gasteiger partial charge on any atom is -0.333 e. The summed E-state index contributed by atoms with van der Waals surface area (Å²) in [6.07, 6.45) is 2.18. The van der Waals surface area contributed by atoms with Crippen molar-refractivity contribution in [2.45, 2.75) is 39.2 Å². The van der Waals surface area contributed by atoms with E-state index in [1.54, 1.807) is 0 Å². The van der Waals surface area contributed by atoms with Crippen LogP contribution in [-0.4, -0.2) is 22.9 Å². The number of likely N-dealkylation sites (tertiary alicyclic amines) is 1. The number of amides is 1. The highest BCUT2D eigenvalue weighted by Crippen LogP contribution is 2.31. The zero-order valence-electron chi connectivity index (χ0n) is 10.6. The van der Waals surface area contributed by atoms with E-state index in [1.807, 2.05) is 30.0 Å². The molecule has 0 saturated carbocycles. The van der Waals surface area contributed by atoms with Gasteiger partial charge in [0.25, 0.3) is 5.91 Å². The maximum atomic E-state index is 12.5. The number of carbonyl (C=O) groups excluding carboxylic acids is 1. The Labute approximate surface area is 111 Å². The number of hydrogen-bond acceptors (Lipinski definition) is 1. The first-order chi connectivity index (χ1) is 7.92. The molecule has 0 spiro atoms. The van der Waals surface area contributed by atoms with Gasteiger partial charge in [-0.05, 0) is 67.2 Å². The van der Waals surface area contributed by atoms with Crippen molar-refractivity contribution in [3.05, 3.63) is 33.8 Å². The van der Waals surface area contributed by atoms with Crippen LogP contribution < -0.4 is 0 Å². The maximum absolute atomic E-state index is 12.5. The molecule has 0 N–H and O–H groups in total. The molecule has 1 aromatic carbocycles. The zero-order chi connectivity index (χ0) is 12.6. The lowest BCUT2D eigenvalue weighted by atomic mass is 10.0. The second-order valence-corrected chi connectivity index (χ2v) is 6.21. The van der Waals surface area contributed by atoms with Crippen molar-refractivity contribution < 1.29 is 4.79 Å². The molecule has 2 rings (SSSR count). The number of aryl methyl sites for hydroxylation is 1. The minimum atomic E-state index is -0.0125. The van der Waals surface area contributed by atoms with Gasteiger partial charge in [0.2, 0.25) is 0 Å². The number of hydrogen-bond donors (Lipinski definition) is 0. The maximum Gasteiger partial charge on any atom is 0.255 e. The summed E-state index contributed by atoms with van der Waals surface area (Å²) in [7, 11) is 0. The molecule has 0 radical (unpaired) electrons. The largest absolute Gasteiger partial charge is 0.333 e. The first-order valence-electron chi connectivity index (χ1n) is 6.00. The Kier molecular flexibility index (Phi) is 3.30. The first-order valence-corrected chi connectivity index (χ1v) is 6.79. The van der Waals surface area contributed by atoms with Crippen LogP contribution in [-0.2, 0) is 0 Å². The Morgan fingerprint density at radius 3 is 2.65 bits per heavy atom. The standard InChI is InChI=1S/C14H18BrNO/c1-10-5-6-11(12(15)9-10)13(17)16-8-4-7-14(16,2)3/h5-6,9H,4,7-8H2,1-3H3. The molecule has 1 saturated heterocycles. The van der Waals surface area contributed by atoms with Gasteiger partial charge in [-0.3, -0.25) is 4.79 Å². The normalized spacial score (nSPS) is 18.5. The third-order valence-electron chi connectivity index (χ3n) is 3.50. The topological polar surface area (TPSA) is 20.3 Å². The van der Waals surface area contributed by atoms with Crippen molar-refractivity contribution in [1.82, 2.24) is 4.90 Å². The predicted octanol–water partition coefficient (Wildman–Crippen LogP) is 3.77. The predicted molar refractivity (Wildman–Crippen MR) is 73.2 cm³/mol. The van der Waals surface area contributed by atoms with Crippen molar-refractivity contribution in [2.75, 3.05) is 6.54 Å². The zero-order valence-corrected chi connectivity index (χ0v) is 12.2. The van der Waals surface area contributed by atoms with Gasteiger partial charge in [0, 0.05) is 16.6 Å². The smallest absolute Gasteiger partial charge is 0.255 e. The van der Waals surface area contributed by atoms with Crippen LogP contribution in [0.5, 0.6) is 0 Å². The van der Waals surface area contributed by atoms with Gasteiger partial charge in [0.15, 0.2) is 0 Å². The quantitative estimate of drug-likeness (QED) is 0.772. The second-order valence-electron chi connectivity index (χ2n) is 5.36. The second kappa shape index (κ2) is 4.45. The third-order valence-corrected chi connectivity index (χ3v) is 4.16. The SMILES string of the molecule is Cc1ccc(C(=O)N2CCCC2(C)C)c(Br)c1. The van der Waals surface area contributed by atoms with E-state index in [9.17, 15) is 4.79 Å². The fraction of sp³-hybridized carbons (Fsp3) is 0.500. The molecule has 1 aliphatic rings. The van der Waals surface area contributed by atoms with E-state index in [2.05, 4.69) is 29.8 Å². The number of nitrogens with zero attached hydrogens (tertiary/aromatic N) is 1. The van der Waals surface area contributed by atoms with Crippen LogP contribution in [0.2, 0.25) is 0 Å². The Morgan fingerprint density at radius 1 is 1.41 bits per heavy atom. The molecule has 1 heterocycles. The Hall–Kier alpha value is -0.830. The monoisotopic (exact) mass is 295 g/mol. The summed E-state index contributed by atoms with van der Waals surface area (Å²) in [4.78, 5) is 14.5. The fourth-order valence-corrected chi connectivity index (χ4v) is 3.09. The van der Waals surface area contributed by atoms with Crippen molar-refractivity contribution in [3.63, 3.8) is 0 Å². The lowest BCUT2D eigenvalue weighted by molar-refractivity contribution is 0.0651. The molecule has 2 nitrogen and oxygen atoms in total. The molecular formula is C14H18BrNO. The van der Waals surface area contributed by atoms with E-state index in [0.29, 0.717) is 0 Å². The average molecular weight is 296 g/mol. The van der Waals surface area contributed by atoms with Gasteiger partial charge >= 0.3 is 0 Å². The highest BCUT2D eigenvalue weighted by atomic mass is 79.9. The Morgan fingerprint density at radius 2 is 2.12 bits per heavy atom. The lowest BCUT2D eigenvalue weighted by Gasteiger charge is -2.32. The van der Waals surface area contributed by atoms with Gasteiger partial charge in [-0.15, -0.1) is 0 Å². The Balaban J connectivity index is 2.31. The molecule has 1 amide bonds. The van der Waals surface area contributed by atoms with E-state index in [4.69, 9.17) is 0 Å². The van der Waals surface area contributed by atoms with E-state index in [-0.39, 0.29) is 11.4 Å². The van der Waals surface area contributed by atoms with Crippen LogP contribution in [0.3, 0.4) is 0 Å². The number of carbonyl (C=O) groups is 1. The first kappa shape index (κ1) is 12.6. The van der Waals surface area contributed by atoms with Gasteiger partial charge in [0.1, 0.15) is 0 Å². The van der Waals surface area contributed by atoms with E-state index >= 15 is 0 Å². The molecule has 0 unspecified atom stereocenters. The summed E-state index contributed by atoms with van der Waals surface area (Å²) < 4.78 is 0.894. The minimum absolute atomic E-state index is 0.0125. The molecule has 1 aliphatic heterocycles. The molecular weight excluding hydrogens is 278 g/mol. The highest BCUT2D eigenvalue weighted by molar-refractivity contribution is 9.10. The highest BCUT2D eigenvalue weighted by Gasteiger charge is 2.36. The summed E-state index contributed by atoms with van der Waals surface area (Å²) in [6.45, 7) is 7.17. The van der Waals surface area contributed by atoms with Crippen LogP contribution in [0, 0.1) is 6.92 Å². The lowest BCUT2D eigenvalue weighted by Crippen LogP contribution is -2.42. The summed E-state index contributed by atoms with van der Waals surface area (Å²) in [5, 5.41) is 0. The van der Waals surface area contributed by atoms with E-state index in [1.165, 1.54) is 0 Å². The van der Waals surface area contributed by atoms with Gasteiger partial charge in [-0.2, -0.15) is 0 Å². The number of halogens is 1. The molecule has 0 atom stereocenters. The summed E-state index contributed by atoms with van der Waals surface area (Å²) in [6, 6.07) is 5.90. The van der Waals surface area contributed by atoms with Crippen LogP contribution in [0.15, 0.2) is 22.7 Å². The molecule has 1 aromatic rings. The summed E-state index contributed by atoms with van der Waals surface area (Å²) in [5.74, 6) is 0.138. The summed E-state index contributed by atoms with van der Waals surface area (Å²) in [5.41, 5.74) is 1.92. The van der Waals surface area contributed by atoms with Gasteiger partial charge < -0.3 is 4.90 Å². The van der Waals surface area contributed by atoms with Crippen molar-refractivity contribution >= 4 is 21.8 Å². The van der Waals surface area contributed by atoms with Crippen LogP contribution in [0.25, 0.3) is 0 Å². The van der Waals surface area contributed by atoms with Crippen LogP contribution in [0.1, 0.15) is 42.6 Å². The molecule has 1 fully saturated rings. The van der Waals surface area contributed by atoms with Crippen molar-refractivity contribution in [2.24, 2.45) is 0 Å². The third kappa shape index (κ3) is 2.39. The van der Waals surface area contributed by atoms with Crippen LogP contribution >= 0.6 is 15.9 Å². The molecule has 0 bridgehead atoms. The molecule has 3 heteroatoms. The molecule has 17 heavy (non-hydrogen) atoms.